The van der Waals surface area contributed by atoms with Crippen LogP contribution in [0.1, 0.15) is 39.5 Å². The molecule has 19 heavy (non-hydrogen) atoms. The molecule has 0 aliphatic carbocycles. The predicted octanol–water partition coefficient (Wildman–Crippen LogP) is 0.491. The Bertz CT molecular complexity index is 326. The molecule has 0 radical (unpaired) electrons. The molecule has 2 N–H and O–H groups in total. The van der Waals surface area contributed by atoms with Crippen LogP contribution in [-0.2, 0) is 9.59 Å². The normalized spacial score (nSPS) is 16.7. The Balaban J connectivity index is 2.38. The number of imide groups is 1. The van der Waals surface area contributed by atoms with Crippen molar-refractivity contribution in [1.82, 2.24) is 15.5 Å². The Morgan fingerprint density at radius 3 is 2.47 bits per heavy atom. The molecule has 0 aromatic heterocycles. The molecule has 6 nitrogen and oxygen atoms in total. The fourth-order valence-electron chi connectivity index (χ4n) is 1.90. The molecule has 0 bridgehead atoms. The first-order valence-corrected chi connectivity index (χ1v) is 7.04. The Morgan fingerprint density at radius 1 is 1.21 bits per heavy atom. The lowest BCUT2D eigenvalue weighted by Gasteiger charge is -2.25. The molecular formula is C13H24N4O2. The van der Waals surface area contributed by atoms with Crippen LogP contribution in [0.5, 0.6) is 0 Å². The summed E-state index contributed by atoms with van der Waals surface area (Å²) in [5.41, 5.74) is 0. The van der Waals surface area contributed by atoms with Crippen LogP contribution in [0.2, 0.25) is 0 Å². The van der Waals surface area contributed by atoms with Crippen LogP contribution in [0.15, 0.2) is 4.99 Å². The number of nitrogens with zero attached hydrogens (tertiary/aromatic N) is 2. The van der Waals surface area contributed by atoms with E-state index in [0.29, 0.717) is 32.4 Å². The van der Waals surface area contributed by atoms with E-state index in [4.69, 9.17) is 0 Å². The average Bonchev–Trinajstić information content (AvgIpc) is 2.39. The van der Waals surface area contributed by atoms with Gasteiger partial charge < -0.3 is 10.6 Å². The van der Waals surface area contributed by atoms with Crippen molar-refractivity contribution in [2.75, 3.05) is 26.2 Å². The van der Waals surface area contributed by atoms with E-state index in [1.165, 1.54) is 4.90 Å². The molecule has 1 aliphatic rings. The molecule has 0 atom stereocenters. The highest BCUT2D eigenvalue weighted by Gasteiger charge is 2.25. The van der Waals surface area contributed by atoms with Gasteiger partial charge in [-0.3, -0.25) is 19.5 Å². The first kappa shape index (κ1) is 15.5. The maximum atomic E-state index is 11.6. The number of likely N-dealkylation sites (tertiary alicyclic amines) is 1. The molecule has 1 rings (SSSR count). The van der Waals surface area contributed by atoms with Crippen molar-refractivity contribution in [3.63, 3.8) is 0 Å². The zero-order valence-corrected chi connectivity index (χ0v) is 11.9. The molecule has 0 aromatic carbocycles. The minimum Gasteiger partial charge on any atom is -0.357 e. The van der Waals surface area contributed by atoms with Gasteiger partial charge in [-0.05, 0) is 19.8 Å². The zero-order chi connectivity index (χ0) is 14.1. The van der Waals surface area contributed by atoms with Crippen LogP contribution in [0.25, 0.3) is 0 Å². The maximum Gasteiger partial charge on any atom is 0.229 e. The van der Waals surface area contributed by atoms with E-state index in [-0.39, 0.29) is 11.8 Å². The SMILES string of the molecule is CCCN=C(NCC)NCCN1C(=O)CCCC1=O. The third-order valence-electron chi connectivity index (χ3n) is 2.85. The van der Waals surface area contributed by atoms with Gasteiger partial charge in [0.25, 0.3) is 0 Å². The molecule has 0 aromatic rings. The molecule has 1 heterocycles. The summed E-state index contributed by atoms with van der Waals surface area (Å²) in [7, 11) is 0. The monoisotopic (exact) mass is 268 g/mol. The van der Waals surface area contributed by atoms with Crippen LogP contribution in [-0.4, -0.2) is 48.9 Å². The predicted molar refractivity (Wildman–Crippen MR) is 74.8 cm³/mol. The summed E-state index contributed by atoms with van der Waals surface area (Å²) in [4.78, 5) is 28.9. The van der Waals surface area contributed by atoms with E-state index in [1.807, 2.05) is 6.92 Å². The van der Waals surface area contributed by atoms with Gasteiger partial charge in [0.15, 0.2) is 5.96 Å². The Labute approximate surface area is 114 Å². The van der Waals surface area contributed by atoms with Crippen molar-refractivity contribution < 1.29 is 9.59 Å². The highest BCUT2D eigenvalue weighted by molar-refractivity contribution is 5.97. The molecule has 0 spiro atoms. The molecule has 1 aliphatic heterocycles. The topological polar surface area (TPSA) is 73.8 Å². The van der Waals surface area contributed by atoms with Crippen LogP contribution in [0.4, 0.5) is 0 Å². The van der Waals surface area contributed by atoms with Gasteiger partial charge in [-0.1, -0.05) is 6.92 Å². The Morgan fingerprint density at radius 2 is 1.89 bits per heavy atom. The Kier molecular flexibility index (Phi) is 6.92. The average molecular weight is 268 g/mol. The quantitative estimate of drug-likeness (QED) is 0.418. The van der Waals surface area contributed by atoms with Gasteiger partial charge in [0.1, 0.15) is 0 Å². The lowest BCUT2D eigenvalue weighted by atomic mass is 10.1. The first-order valence-electron chi connectivity index (χ1n) is 7.04. The summed E-state index contributed by atoms with van der Waals surface area (Å²) in [6.07, 6.45) is 2.63. The largest absolute Gasteiger partial charge is 0.357 e. The second kappa shape index (κ2) is 8.50. The number of hydrogen-bond acceptors (Lipinski definition) is 3. The maximum absolute atomic E-state index is 11.6. The van der Waals surface area contributed by atoms with E-state index in [0.717, 1.165) is 25.5 Å². The number of carbonyl (C=O) groups excluding carboxylic acids is 2. The van der Waals surface area contributed by atoms with Crippen molar-refractivity contribution in [3.05, 3.63) is 0 Å². The minimum absolute atomic E-state index is 0.0615. The summed E-state index contributed by atoms with van der Waals surface area (Å²) in [6, 6.07) is 0. The van der Waals surface area contributed by atoms with E-state index in [9.17, 15) is 9.59 Å². The number of carbonyl (C=O) groups is 2. The molecular weight excluding hydrogens is 244 g/mol. The molecule has 2 amide bonds. The second-order valence-corrected chi connectivity index (χ2v) is 4.48. The number of rotatable bonds is 6. The fraction of sp³-hybridized carbons (Fsp3) is 0.769. The lowest BCUT2D eigenvalue weighted by Crippen LogP contribution is -2.46. The van der Waals surface area contributed by atoms with Crippen molar-refractivity contribution in [1.29, 1.82) is 0 Å². The molecule has 6 heteroatoms. The lowest BCUT2D eigenvalue weighted by molar-refractivity contribution is -0.147. The number of aliphatic imine (C=N–C) groups is 1. The van der Waals surface area contributed by atoms with Crippen LogP contribution < -0.4 is 10.6 Å². The van der Waals surface area contributed by atoms with Gasteiger partial charge in [0.05, 0.1) is 0 Å². The van der Waals surface area contributed by atoms with Crippen molar-refractivity contribution in [2.24, 2.45) is 4.99 Å². The number of piperidine rings is 1. The molecule has 108 valence electrons. The zero-order valence-electron chi connectivity index (χ0n) is 11.9. The third kappa shape index (κ3) is 5.28. The van der Waals surface area contributed by atoms with Gasteiger partial charge in [-0.2, -0.15) is 0 Å². The van der Waals surface area contributed by atoms with E-state index in [1.54, 1.807) is 0 Å². The number of hydrogen-bond donors (Lipinski definition) is 2. The van der Waals surface area contributed by atoms with Gasteiger partial charge in [-0.15, -0.1) is 0 Å². The highest BCUT2D eigenvalue weighted by Crippen LogP contribution is 2.11. The Hall–Kier alpha value is -1.59. The van der Waals surface area contributed by atoms with Crippen molar-refractivity contribution >= 4 is 17.8 Å². The summed E-state index contributed by atoms with van der Waals surface area (Å²) >= 11 is 0. The van der Waals surface area contributed by atoms with Gasteiger partial charge in [-0.25, -0.2) is 0 Å². The standard InChI is InChI=1S/C13H24N4O2/c1-3-8-15-13(14-4-2)16-9-10-17-11(18)6-5-7-12(17)19/h3-10H2,1-2H3,(H2,14,15,16). The highest BCUT2D eigenvalue weighted by atomic mass is 16.2. The van der Waals surface area contributed by atoms with Crippen molar-refractivity contribution in [2.45, 2.75) is 39.5 Å². The van der Waals surface area contributed by atoms with Crippen LogP contribution >= 0.6 is 0 Å². The third-order valence-corrected chi connectivity index (χ3v) is 2.85. The smallest absolute Gasteiger partial charge is 0.229 e. The molecule has 0 saturated carbocycles. The van der Waals surface area contributed by atoms with E-state index in [2.05, 4.69) is 22.5 Å². The molecule has 0 unspecified atom stereocenters. The molecule has 1 fully saturated rings. The summed E-state index contributed by atoms with van der Waals surface area (Å²) in [5.74, 6) is 0.614. The van der Waals surface area contributed by atoms with Crippen LogP contribution in [0.3, 0.4) is 0 Å². The van der Waals surface area contributed by atoms with E-state index >= 15 is 0 Å². The first-order chi connectivity index (χ1) is 9.19. The minimum atomic E-state index is -0.0615. The summed E-state index contributed by atoms with van der Waals surface area (Å²) in [5, 5.41) is 6.26. The van der Waals surface area contributed by atoms with Crippen molar-refractivity contribution in [3.8, 4) is 0 Å². The van der Waals surface area contributed by atoms with Crippen LogP contribution in [0, 0.1) is 0 Å². The van der Waals surface area contributed by atoms with Gasteiger partial charge in [0, 0.05) is 39.0 Å². The number of amides is 2. The number of guanidine groups is 1. The summed E-state index contributed by atoms with van der Waals surface area (Å²) < 4.78 is 0. The molecule has 1 saturated heterocycles. The number of nitrogens with one attached hydrogen (secondary N) is 2. The second-order valence-electron chi connectivity index (χ2n) is 4.48. The fourth-order valence-corrected chi connectivity index (χ4v) is 1.90. The van der Waals surface area contributed by atoms with E-state index < -0.39 is 0 Å². The summed E-state index contributed by atoms with van der Waals surface area (Å²) in [6.45, 7) is 6.56. The van der Waals surface area contributed by atoms with Gasteiger partial charge >= 0.3 is 0 Å². The van der Waals surface area contributed by atoms with Gasteiger partial charge in [0.2, 0.25) is 11.8 Å².